The summed E-state index contributed by atoms with van der Waals surface area (Å²) in [5.41, 5.74) is 0.0800. The van der Waals surface area contributed by atoms with Gasteiger partial charge in [-0.2, -0.15) is 10.5 Å². The molecule has 1 amide bonds. The van der Waals surface area contributed by atoms with Gasteiger partial charge in [-0.15, -0.1) is 0 Å². The molecule has 0 aliphatic heterocycles. The highest BCUT2D eigenvalue weighted by atomic mass is 79.9. The number of anilines is 1. The van der Waals surface area contributed by atoms with E-state index in [1.54, 1.807) is 0 Å². The fourth-order valence-electron chi connectivity index (χ4n) is 4.93. The van der Waals surface area contributed by atoms with Crippen LogP contribution in [0.5, 0.6) is 0 Å². The van der Waals surface area contributed by atoms with E-state index in [0.717, 1.165) is 10.9 Å². The first kappa shape index (κ1) is 18.6. The quantitative estimate of drug-likeness (QED) is 0.768. The van der Waals surface area contributed by atoms with Gasteiger partial charge in [0.1, 0.15) is 12.1 Å². The zero-order chi connectivity index (χ0) is 20.3. The van der Waals surface area contributed by atoms with Gasteiger partial charge < -0.3 is 5.32 Å². The second-order valence-electron chi connectivity index (χ2n) is 8.14. The molecule has 1 aromatic carbocycles. The maximum absolute atomic E-state index is 13.7. The number of aromatic nitrogens is 2. The second kappa shape index (κ2) is 5.86. The summed E-state index contributed by atoms with van der Waals surface area (Å²) in [5, 5.41) is 21.9. The van der Waals surface area contributed by atoms with E-state index in [4.69, 9.17) is 0 Å². The van der Waals surface area contributed by atoms with Crippen molar-refractivity contribution in [2.75, 3.05) is 5.32 Å². The van der Waals surface area contributed by atoms with E-state index in [0.29, 0.717) is 23.5 Å². The number of benzene rings is 1. The minimum absolute atomic E-state index is 0.0205. The van der Waals surface area contributed by atoms with Crippen LogP contribution in [0.2, 0.25) is 0 Å². The van der Waals surface area contributed by atoms with Crippen LogP contribution in [-0.2, 0) is 15.6 Å². The molecule has 2 aliphatic rings. The van der Waals surface area contributed by atoms with E-state index >= 15 is 0 Å². The molecule has 2 atom stereocenters. The maximum atomic E-state index is 13.7. The number of nitriles is 2. The minimum Gasteiger partial charge on any atom is -0.324 e. The van der Waals surface area contributed by atoms with Crippen molar-refractivity contribution in [2.24, 2.45) is 5.41 Å². The molecule has 1 fully saturated rings. The van der Waals surface area contributed by atoms with Gasteiger partial charge in [-0.25, -0.2) is 9.97 Å². The van der Waals surface area contributed by atoms with Crippen LogP contribution < -0.4 is 5.32 Å². The molecule has 1 heterocycles. The summed E-state index contributed by atoms with van der Waals surface area (Å²) >= 11 is 3.47. The average Bonchev–Trinajstić information content (AvgIpc) is 2.98. The van der Waals surface area contributed by atoms with Gasteiger partial charge in [-0.05, 0) is 46.3 Å². The lowest BCUT2D eigenvalue weighted by atomic mass is 9.63. The summed E-state index contributed by atoms with van der Waals surface area (Å²) < 4.78 is 0.792. The molecule has 2 aromatic rings. The summed E-state index contributed by atoms with van der Waals surface area (Å²) in [7, 11) is 0. The Labute approximate surface area is 171 Å². The zero-order valence-electron chi connectivity index (χ0n) is 15.8. The van der Waals surface area contributed by atoms with E-state index in [1.165, 1.54) is 0 Å². The summed E-state index contributed by atoms with van der Waals surface area (Å²) in [6, 6.07) is 11.4. The topological polar surface area (TPSA) is 102 Å². The van der Waals surface area contributed by atoms with Gasteiger partial charge in [0.15, 0.2) is 11.4 Å². The molecule has 7 heteroatoms. The Bertz CT molecular complexity index is 1110. The Morgan fingerprint density at radius 3 is 2.29 bits per heavy atom. The van der Waals surface area contributed by atoms with E-state index in [9.17, 15) is 15.3 Å². The van der Waals surface area contributed by atoms with E-state index in [2.05, 4.69) is 52.0 Å². The summed E-state index contributed by atoms with van der Waals surface area (Å²) in [6.07, 6.45) is 1.38. The van der Waals surface area contributed by atoms with Gasteiger partial charge in [-0.3, -0.25) is 4.79 Å². The maximum Gasteiger partial charge on any atom is 0.237 e. The van der Waals surface area contributed by atoms with E-state index in [-0.39, 0.29) is 17.3 Å². The molecular formula is C21H18BrN5O. The number of hydrogen-bond donors (Lipinski definition) is 1. The third kappa shape index (κ3) is 2.03. The Kier molecular flexibility index (Phi) is 3.89. The van der Waals surface area contributed by atoms with Crippen LogP contribution in [0, 0.1) is 28.1 Å². The smallest absolute Gasteiger partial charge is 0.237 e. The van der Waals surface area contributed by atoms with E-state index in [1.807, 2.05) is 36.4 Å². The molecule has 4 rings (SSSR count). The molecule has 0 saturated heterocycles. The lowest BCUT2D eigenvalue weighted by Crippen LogP contribution is -2.48. The van der Waals surface area contributed by atoms with Crippen LogP contribution in [-0.4, -0.2) is 15.9 Å². The van der Waals surface area contributed by atoms with Gasteiger partial charge in [0, 0.05) is 9.89 Å². The fraction of sp³-hybridized carbons (Fsp3) is 0.381. The van der Waals surface area contributed by atoms with Crippen molar-refractivity contribution in [3.63, 3.8) is 0 Å². The van der Waals surface area contributed by atoms with Gasteiger partial charge >= 0.3 is 0 Å². The van der Waals surface area contributed by atoms with Crippen LogP contribution in [0.3, 0.4) is 0 Å². The molecule has 28 heavy (non-hydrogen) atoms. The van der Waals surface area contributed by atoms with Crippen molar-refractivity contribution < 1.29 is 4.79 Å². The molecule has 6 nitrogen and oxygen atoms in total. The van der Waals surface area contributed by atoms with Crippen molar-refractivity contribution in [1.29, 1.82) is 10.5 Å². The van der Waals surface area contributed by atoms with Gasteiger partial charge in [-0.1, -0.05) is 32.9 Å². The number of rotatable bonds is 2. The third-order valence-electron chi connectivity index (χ3n) is 6.99. The predicted octanol–water partition coefficient (Wildman–Crippen LogP) is 3.95. The first-order chi connectivity index (χ1) is 13.2. The minimum atomic E-state index is -0.918. The number of amides is 1. The largest absolute Gasteiger partial charge is 0.324 e. The third-order valence-corrected chi connectivity index (χ3v) is 7.68. The normalized spacial score (nSPS) is 26.2. The molecule has 1 saturated carbocycles. The number of halogens is 1. The van der Waals surface area contributed by atoms with Crippen molar-refractivity contribution in [2.45, 2.75) is 44.4 Å². The number of carbonyl (C=O) groups excluding carboxylic acids is 1. The SMILES string of the molecule is CC12CCC(C(=O)Nc3ccccc3Br)(c3nc(C#N)c(C#N)nc31)C2(C)C. The lowest BCUT2D eigenvalue weighted by molar-refractivity contribution is -0.125. The molecular weight excluding hydrogens is 418 g/mol. The molecule has 2 bridgehead atoms. The van der Waals surface area contributed by atoms with Crippen molar-refractivity contribution in [1.82, 2.24) is 9.97 Å². The van der Waals surface area contributed by atoms with Crippen molar-refractivity contribution >= 4 is 27.5 Å². The standard InChI is InChI=1S/C21H18BrN5O/c1-19(2)20(3)8-9-21(19,18(28)27-13-7-5-4-6-12(13)22)17-16(20)25-14(10-23)15(11-24)26-17/h4-7H,8-9H2,1-3H3,(H,27,28). The Balaban J connectivity index is 1.93. The number of nitrogens with one attached hydrogen (secondary N) is 1. The Morgan fingerprint density at radius 1 is 1.07 bits per heavy atom. The lowest BCUT2D eigenvalue weighted by Gasteiger charge is -2.39. The van der Waals surface area contributed by atoms with Crippen molar-refractivity contribution in [3.8, 4) is 12.1 Å². The average molecular weight is 436 g/mol. The first-order valence-electron chi connectivity index (χ1n) is 9.02. The predicted molar refractivity (Wildman–Crippen MR) is 106 cm³/mol. The van der Waals surface area contributed by atoms with E-state index < -0.39 is 16.2 Å². The van der Waals surface area contributed by atoms with Crippen LogP contribution in [0.4, 0.5) is 5.69 Å². The van der Waals surface area contributed by atoms with Gasteiger partial charge in [0.25, 0.3) is 0 Å². The summed E-state index contributed by atoms with van der Waals surface area (Å²) in [4.78, 5) is 22.7. The van der Waals surface area contributed by atoms with Crippen LogP contribution in [0.25, 0.3) is 0 Å². The molecule has 2 aliphatic carbocycles. The molecule has 140 valence electrons. The van der Waals surface area contributed by atoms with Crippen LogP contribution in [0.15, 0.2) is 28.7 Å². The first-order valence-corrected chi connectivity index (χ1v) is 9.81. The number of para-hydroxylation sites is 1. The highest BCUT2D eigenvalue weighted by molar-refractivity contribution is 9.10. The molecule has 1 aromatic heterocycles. The fourth-order valence-corrected chi connectivity index (χ4v) is 5.32. The Hall–Kier alpha value is -2.77. The number of hydrogen-bond acceptors (Lipinski definition) is 5. The molecule has 1 N–H and O–H groups in total. The highest BCUT2D eigenvalue weighted by Crippen LogP contribution is 2.70. The van der Waals surface area contributed by atoms with Gasteiger partial charge in [0.05, 0.1) is 22.5 Å². The summed E-state index contributed by atoms with van der Waals surface area (Å²) in [6.45, 7) is 6.19. The number of nitrogens with zero attached hydrogens (tertiary/aromatic N) is 4. The molecule has 0 radical (unpaired) electrons. The monoisotopic (exact) mass is 435 g/mol. The zero-order valence-corrected chi connectivity index (χ0v) is 17.4. The number of carbonyl (C=O) groups is 1. The van der Waals surface area contributed by atoms with Crippen LogP contribution >= 0.6 is 15.9 Å². The molecule has 0 spiro atoms. The summed E-state index contributed by atoms with van der Waals surface area (Å²) in [5.74, 6) is -0.158. The molecule has 2 unspecified atom stereocenters. The highest BCUT2D eigenvalue weighted by Gasteiger charge is 2.73. The van der Waals surface area contributed by atoms with Crippen molar-refractivity contribution in [3.05, 3.63) is 51.5 Å². The Morgan fingerprint density at radius 2 is 1.68 bits per heavy atom. The second-order valence-corrected chi connectivity index (χ2v) is 8.99. The number of fused-ring (bicyclic) bond motifs is 5. The van der Waals surface area contributed by atoms with Gasteiger partial charge in [0.2, 0.25) is 5.91 Å². The van der Waals surface area contributed by atoms with Crippen LogP contribution in [0.1, 0.15) is 56.4 Å².